The molecule has 0 fully saturated rings. The minimum absolute atomic E-state index is 0.00236. The van der Waals surface area contributed by atoms with Crippen molar-refractivity contribution in [1.29, 1.82) is 0 Å². The molecule has 1 aromatic rings. The van der Waals surface area contributed by atoms with E-state index in [4.69, 9.17) is 0 Å². The zero-order valence-corrected chi connectivity index (χ0v) is 12.2. The van der Waals surface area contributed by atoms with Crippen LogP contribution >= 0.6 is 11.8 Å². The van der Waals surface area contributed by atoms with Crippen LogP contribution in [-0.2, 0) is 0 Å². The third-order valence-electron chi connectivity index (χ3n) is 2.50. The first-order chi connectivity index (χ1) is 9.20. The Morgan fingerprint density at radius 2 is 2.11 bits per heavy atom. The van der Waals surface area contributed by atoms with E-state index in [1.54, 1.807) is 0 Å². The van der Waals surface area contributed by atoms with Gasteiger partial charge in [0.25, 0.3) is 0 Å². The lowest BCUT2D eigenvalue weighted by Crippen LogP contribution is -2.07. The predicted octanol–water partition coefficient (Wildman–Crippen LogP) is 3.49. The molecule has 0 aromatic carbocycles. The van der Waals surface area contributed by atoms with Crippen molar-refractivity contribution < 1.29 is 4.92 Å². The first-order valence-electron chi connectivity index (χ1n) is 6.56. The molecule has 1 rings (SSSR count). The summed E-state index contributed by atoms with van der Waals surface area (Å²) in [7, 11) is 0. The van der Waals surface area contributed by atoms with Crippen molar-refractivity contribution in [3.8, 4) is 0 Å². The largest absolute Gasteiger partial charge is 0.364 e. The van der Waals surface area contributed by atoms with Gasteiger partial charge < -0.3 is 5.32 Å². The third kappa shape index (κ3) is 5.02. The smallest absolute Gasteiger partial charge is 0.343 e. The maximum Gasteiger partial charge on any atom is 0.343 e. The molecule has 0 atom stereocenters. The van der Waals surface area contributed by atoms with E-state index in [2.05, 4.69) is 22.2 Å². The minimum Gasteiger partial charge on any atom is -0.364 e. The van der Waals surface area contributed by atoms with Crippen LogP contribution in [0.1, 0.15) is 39.5 Å². The summed E-state index contributed by atoms with van der Waals surface area (Å²) in [6, 6.07) is 0. The molecule has 1 aromatic heterocycles. The SMILES string of the molecule is CCCCCSc1ncnc(NCCC)c1[N+](=O)[O-]. The number of nitrogens with zero attached hydrogens (tertiary/aromatic N) is 3. The van der Waals surface area contributed by atoms with Crippen LogP contribution in [0.2, 0.25) is 0 Å². The maximum absolute atomic E-state index is 11.2. The summed E-state index contributed by atoms with van der Waals surface area (Å²) >= 11 is 1.43. The lowest BCUT2D eigenvalue weighted by molar-refractivity contribution is -0.387. The number of rotatable bonds is 9. The van der Waals surface area contributed by atoms with Gasteiger partial charge in [-0.1, -0.05) is 38.5 Å². The van der Waals surface area contributed by atoms with Gasteiger partial charge in [-0.05, 0) is 18.6 Å². The molecular weight excluding hydrogens is 264 g/mol. The number of unbranched alkanes of at least 4 members (excludes halogenated alkanes) is 2. The molecule has 1 heterocycles. The van der Waals surface area contributed by atoms with Crippen molar-refractivity contribution in [3.05, 3.63) is 16.4 Å². The maximum atomic E-state index is 11.2. The summed E-state index contributed by atoms with van der Waals surface area (Å²) in [5, 5.41) is 14.6. The summed E-state index contributed by atoms with van der Waals surface area (Å²) in [5.41, 5.74) is -0.00236. The van der Waals surface area contributed by atoms with Crippen LogP contribution in [-0.4, -0.2) is 27.2 Å². The zero-order valence-electron chi connectivity index (χ0n) is 11.4. The van der Waals surface area contributed by atoms with Crippen LogP contribution < -0.4 is 5.32 Å². The number of hydrogen-bond donors (Lipinski definition) is 1. The monoisotopic (exact) mass is 284 g/mol. The summed E-state index contributed by atoms with van der Waals surface area (Å²) in [4.78, 5) is 18.8. The van der Waals surface area contributed by atoms with Crippen molar-refractivity contribution in [1.82, 2.24) is 9.97 Å². The van der Waals surface area contributed by atoms with Gasteiger partial charge in [0, 0.05) is 6.54 Å². The lowest BCUT2D eigenvalue weighted by atomic mass is 10.3. The Labute approximate surface area is 117 Å². The molecule has 0 radical (unpaired) electrons. The molecule has 19 heavy (non-hydrogen) atoms. The molecule has 0 aliphatic carbocycles. The van der Waals surface area contributed by atoms with Gasteiger partial charge in [0.2, 0.25) is 5.82 Å². The number of aromatic nitrogens is 2. The van der Waals surface area contributed by atoms with E-state index in [9.17, 15) is 10.1 Å². The highest BCUT2D eigenvalue weighted by Gasteiger charge is 2.22. The van der Waals surface area contributed by atoms with E-state index >= 15 is 0 Å². The van der Waals surface area contributed by atoms with Crippen molar-refractivity contribution in [2.45, 2.75) is 44.6 Å². The quantitative estimate of drug-likeness (QED) is 0.246. The molecule has 0 spiro atoms. The van der Waals surface area contributed by atoms with Gasteiger partial charge in [0.1, 0.15) is 6.33 Å². The second-order valence-corrected chi connectivity index (χ2v) is 5.20. The molecule has 0 aliphatic rings. The van der Waals surface area contributed by atoms with E-state index in [0.717, 1.165) is 31.4 Å². The van der Waals surface area contributed by atoms with Crippen molar-refractivity contribution in [2.75, 3.05) is 17.6 Å². The van der Waals surface area contributed by atoms with Crippen molar-refractivity contribution in [3.63, 3.8) is 0 Å². The number of nitro groups is 1. The number of hydrogen-bond acceptors (Lipinski definition) is 6. The Morgan fingerprint density at radius 3 is 2.74 bits per heavy atom. The highest BCUT2D eigenvalue weighted by molar-refractivity contribution is 7.99. The van der Waals surface area contributed by atoms with Crippen LogP contribution in [0.25, 0.3) is 0 Å². The molecular formula is C12H20N4O2S. The van der Waals surface area contributed by atoms with Crippen LogP contribution in [0.15, 0.2) is 11.4 Å². The molecule has 106 valence electrons. The van der Waals surface area contributed by atoms with Gasteiger partial charge in [0.15, 0.2) is 5.03 Å². The van der Waals surface area contributed by atoms with Crippen LogP contribution in [0.3, 0.4) is 0 Å². The Kier molecular flexibility index (Phi) is 7.17. The normalized spacial score (nSPS) is 10.4. The molecule has 0 saturated carbocycles. The predicted molar refractivity (Wildman–Crippen MR) is 77.7 cm³/mol. The fourth-order valence-electron chi connectivity index (χ4n) is 1.53. The first kappa shape index (κ1) is 15.7. The Balaban J connectivity index is 2.80. The van der Waals surface area contributed by atoms with E-state index in [-0.39, 0.29) is 5.69 Å². The van der Waals surface area contributed by atoms with E-state index in [1.165, 1.54) is 18.1 Å². The third-order valence-corrected chi connectivity index (χ3v) is 3.57. The minimum atomic E-state index is -0.403. The molecule has 6 nitrogen and oxygen atoms in total. The van der Waals surface area contributed by atoms with Crippen molar-refractivity contribution >= 4 is 23.3 Å². The van der Waals surface area contributed by atoms with E-state index in [1.807, 2.05) is 6.92 Å². The molecule has 7 heteroatoms. The van der Waals surface area contributed by atoms with E-state index < -0.39 is 4.92 Å². The van der Waals surface area contributed by atoms with Gasteiger partial charge in [-0.2, -0.15) is 0 Å². The molecule has 0 unspecified atom stereocenters. The second kappa shape index (κ2) is 8.68. The number of nitrogens with one attached hydrogen (secondary N) is 1. The Bertz CT molecular complexity index is 415. The zero-order chi connectivity index (χ0) is 14.1. The van der Waals surface area contributed by atoms with Crippen LogP contribution in [0.4, 0.5) is 11.5 Å². The van der Waals surface area contributed by atoms with Gasteiger partial charge in [-0.3, -0.25) is 10.1 Å². The van der Waals surface area contributed by atoms with E-state index in [0.29, 0.717) is 17.4 Å². The van der Waals surface area contributed by atoms with Crippen LogP contribution in [0.5, 0.6) is 0 Å². The van der Waals surface area contributed by atoms with Gasteiger partial charge in [-0.15, -0.1) is 0 Å². The van der Waals surface area contributed by atoms with Crippen molar-refractivity contribution in [2.24, 2.45) is 0 Å². The fraction of sp³-hybridized carbons (Fsp3) is 0.667. The van der Waals surface area contributed by atoms with Crippen LogP contribution in [0, 0.1) is 10.1 Å². The highest BCUT2D eigenvalue weighted by atomic mass is 32.2. The lowest BCUT2D eigenvalue weighted by Gasteiger charge is -2.07. The second-order valence-electron chi connectivity index (χ2n) is 4.12. The molecule has 0 saturated heterocycles. The number of anilines is 1. The Morgan fingerprint density at radius 1 is 1.32 bits per heavy atom. The van der Waals surface area contributed by atoms with Gasteiger partial charge in [0.05, 0.1) is 4.92 Å². The average Bonchev–Trinajstić information content (AvgIpc) is 2.41. The summed E-state index contributed by atoms with van der Waals surface area (Å²) in [6.07, 6.45) is 5.58. The first-order valence-corrected chi connectivity index (χ1v) is 7.55. The highest BCUT2D eigenvalue weighted by Crippen LogP contribution is 2.32. The van der Waals surface area contributed by atoms with Gasteiger partial charge >= 0.3 is 5.69 Å². The standard InChI is InChI=1S/C12H20N4O2S/c1-3-5-6-8-19-12-10(16(17)18)11(13-7-4-2)14-9-15-12/h9H,3-8H2,1-2H3,(H,13,14,15). The molecule has 0 bridgehead atoms. The number of thioether (sulfide) groups is 1. The van der Waals surface area contributed by atoms with Gasteiger partial charge in [-0.25, -0.2) is 9.97 Å². The summed E-state index contributed by atoms with van der Waals surface area (Å²) in [6.45, 7) is 4.79. The Hall–Kier alpha value is -1.37. The fourth-order valence-corrected chi connectivity index (χ4v) is 2.50. The molecule has 1 N–H and O–H groups in total. The molecule has 0 amide bonds. The average molecular weight is 284 g/mol. The molecule has 0 aliphatic heterocycles. The summed E-state index contributed by atoms with van der Waals surface area (Å²) < 4.78 is 0. The summed E-state index contributed by atoms with van der Waals surface area (Å²) in [5.74, 6) is 1.17. The topological polar surface area (TPSA) is 81.0 Å².